The molecule has 0 radical (unpaired) electrons. The van der Waals surface area contributed by atoms with E-state index >= 15 is 0 Å². The third kappa shape index (κ3) is 4.00. The van der Waals surface area contributed by atoms with Crippen molar-refractivity contribution >= 4 is 17.6 Å². The van der Waals surface area contributed by atoms with Crippen LogP contribution in [0.15, 0.2) is 17.2 Å². The number of anilines is 1. The Bertz CT molecular complexity index is 948. The lowest BCUT2D eigenvalue weighted by molar-refractivity contribution is 0.220. The second-order valence-electron chi connectivity index (χ2n) is 5.54. The van der Waals surface area contributed by atoms with E-state index in [-0.39, 0.29) is 39.8 Å². The molecule has 0 aliphatic heterocycles. The van der Waals surface area contributed by atoms with Gasteiger partial charge >= 0.3 is 0 Å². The van der Waals surface area contributed by atoms with E-state index in [1.807, 2.05) is 12.1 Å². The van der Waals surface area contributed by atoms with Crippen molar-refractivity contribution in [2.24, 2.45) is 0 Å². The number of aliphatic hydroxyl groups is 1. The van der Waals surface area contributed by atoms with E-state index in [0.717, 1.165) is 11.8 Å². The number of aliphatic hydroxyl groups excluding tert-OH is 1. The number of aromatic hydroxyl groups is 1. The smallest absolute Gasteiger partial charge is 0.203 e. The van der Waals surface area contributed by atoms with Gasteiger partial charge in [0.05, 0.1) is 25.9 Å². The second-order valence-corrected chi connectivity index (χ2v) is 6.55. The number of nitrogen functional groups attached to an aromatic ring is 1. The maximum atomic E-state index is 10.3. The minimum absolute atomic E-state index is 0.0135. The average molecular weight is 386 g/mol. The molecular formula is C18H18N4O4S. The number of phenols is 1. The fraction of sp³-hybridized carbons (Fsp3) is 0.278. The van der Waals surface area contributed by atoms with Gasteiger partial charge in [0.1, 0.15) is 28.5 Å². The lowest BCUT2D eigenvalue weighted by Gasteiger charge is -2.16. The first kappa shape index (κ1) is 20.2. The number of nitrogens with two attached hydrogens (primary N) is 1. The molecule has 4 N–H and O–H groups in total. The number of rotatable bonds is 6. The molecule has 1 heterocycles. The number of methoxy groups -OCH3 is 2. The largest absolute Gasteiger partial charge is 0.504 e. The lowest BCUT2D eigenvalue weighted by Crippen LogP contribution is -2.07. The predicted octanol–water partition coefficient (Wildman–Crippen LogP) is 2.27. The molecule has 0 aliphatic carbocycles. The van der Waals surface area contributed by atoms with Crippen LogP contribution in [0.25, 0.3) is 11.1 Å². The molecule has 0 amide bonds. The van der Waals surface area contributed by atoms with Crippen LogP contribution in [0.4, 0.5) is 5.82 Å². The Kier molecular flexibility index (Phi) is 6.35. The number of benzene rings is 1. The van der Waals surface area contributed by atoms with E-state index in [1.54, 1.807) is 6.92 Å². The molecule has 0 saturated heterocycles. The van der Waals surface area contributed by atoms with Crippen LogP contribution in [0.5, 0.6) is 17.2 Å². The van der Waals surface area contributed by atoms with Crippen molar-refractivity contribution in [3.63, 3.8) is 0 Å². The Hall–Kier alpha value is -3.14. The van der Waals surface area contributed by atoms with Crippen LogP contribution < -0.4 is 15.2 Å². The van der Waals surface area contributed by atoms with Crippen LogP contribution in [-0.4, -0.2) is 41.3 Å². The van der Waals surface area contributed by atoms with Crippen molar-refractivity contribution < 1.29 is 19.7 Å². The fourth-order valence-corrected chi connectivity index (χ4v) is 3.33. The van der Waals surface area contributed by atoms with Gasteiger partial charge in [0, 0.05) is 11.3 Å². The minimum atomic E-state index is -0.617. The third-order valence-corrected chi connectivity index (χ3v) is 4.84. The van der Waals surface area contributed by atoms with Gasteiger partial charge in [0.2, 0.25) is 5.75 Å². The van der Waals surface area contributed by atoms with Gasteiger partial charge in [-0.3, -0.25) is 0 Å². The van der Waals surface area contributed by atoms with E-state index in [0.29, 0.717) is 16.3 Å². The molecule has 1 aromatic heterocycles. The highest BCUT2D eigenvalue weighted by Crippen LogP contribution is 2.43. The SMILES string of the molecule is COc1cc(-c2c(C#N)c(N)nc(SCC(C)O)c2C#N)cc(O)c1OC. The Balaban J connectivity index is 2.81. The highest BCUT2D eigenvalue weighted by Gasteiger charge is 2.23. The van der Waals surface area contributed by atoms with E-state index < -0.39 is 6.10 Å². The summed E-state index contributed by atoms with van der Waals surface area (Å²) < 4.78 is 10.3. The van der Waals surface area contributed by atoms with Crippen molar-refractivity contribution in [1.82, 2.24) is 4.98 Å². The summed E-state index contributed by atoms with van der Waals surface area (Å²) in [6.45, 7) is 1.61. The van der Waals surface area contributed by atoms with Crippen LogP contribution in [0.2, 0.25) is 0 Å². The van der Waals surface area contributed by atoms with Crippen molar-refractivity contribution in [2.45, 2.75) is 18.1 Å². The van der Waals surface area contributed by atoms with Gasteiger partial charge in [-0.05, 0) is 24.6 Å². The summed E-state index contributed by atoms with van der Waals surface area (Å²) in [5.74, 6) is 0.392. The molecule has 27 heavy (non-hydrogen) atoms. The summed E-state index contributed by atoms with van der Waals surface area (Å²) in [6, 6.07) is 6.91. The molecule has 8 nitrogen and oxygen atoms in total. The van der Waals surface area contributed by atoms with Gasteiger partial charge < -0.3 is 25.4 Å². The van der Waals surface area contributed by atoms with Crippen LogP contribution in [0.3, 0.4) is 0 Å². The van der Waals surface area contributed by atoms with Crippen molar-refractivity contribution in [2.75, 3.05) is 25.7 Å². The zero-order valence-electron chi connectivity index (χ0n) is 15.0. The van der Waals surface area contributed by atoms with Crippen molar-refractivity contribution in [3.8, 4) is 40.5 Å². The summed E-state index contributed by atoms with van der Waals surface area (Å²) in [5, 5.41) is 39.3. The highest BCUT2D eigenvalue weighted by molar-refractivity contribution is 7.99. The molecule has 9 heteroatoms. The molecule has 0 saturated carbocycles. The van der Waals surface area contributed by atoms with E-state index in [2.05, 4.69) is 4.98 Å². The molecule has 1 unspecified atom stereocenters. The zero-order chi connectivity index (χ0) is 20.1. The van der Waals surface area contributed by atoms with Gasteiger partial charge in [-0.1, -0.05) is 0 Å². The lowest BCUT2D eigenvalue weighted by atomic mass is 9.96. The number of hydrogen-bond donors (Lipinski definition) is 3. The number of ether oxygens (including phenoxy) is 2. The van der Waals surface area contributed by atoms with E-state index in [1.165, 1.54) is 26.4 Å². The first-order valence-corrected chi connectivity index (χ1v) is 8.76. The summed E-state index contributed by atoms with van der Waals surface area (Å²) >= 11 is 1.15. The maximum Gasteiger partial charge on any atom is 0.203 e. The molecular weight excluding hydrogens is 368 g/mol. The maximum absolute atomic E-state index is 10.3. The Morgan fingerprint density at radius 3 is 2.41 bits per heavy atom. The number of hydrogen-bond acceptors (Lipinski definition) is 9. The van der Waals surface area contributed by atoms with Gasteiger partial charge in [0.25, 0.3) is 0 Å². The number of nitriles is 2. The van der Waals surface area contributed by atoms with Gasteiger partial charge in [-0.15, -0.1) is 11.8 Å². The minimum Gasteiger partial charge on any atom is -0.504 e. The molecule has 1 atom stereocenters. The highest BCUT2D eigenvalue weighted by atomic mass is 32.2. The quantitative estimate of drug-likeness (QED) is 0.636. The van der Waals surface area contributed by atoms with Gasteiger partial charge in [-0.2, -0.15) is 10.5 Å². The van der Waals surface area contributed by atoms with Crippen LogP contribution >= 0.6 is 11.8 Å². The Morgan fingerprint density at radius 1 is 1.22 bits per heavy atom. The molecule has 0 bridgehead atoms. The summed E-state index contributed by atoms with van der Waals surface area (Å²) in [4.78, 5) is 4.14. The average Bonchev–Trinajstić information content (AvgIpc) is 2.64. The molecule has 2 aromatic rings. The number of nitrogens with zero attached hydrogens (tertiary/aromatic N) is 3. The normalized spacial score (nSPS) is 11.3. The summed E-state index contributed by atoms with van der Waals surface area (Å²) in [7, 11) is 2.79. The Morgan fingerprint density at radius 2 is 1.89 bits per heavy atom. The first-order chi connectivity index (χ1) is 12.9. The van der Waals surface area contributed by atoms with E-state index in [4.69, 9.17) is 15.2 Å². The third-order valence-electron chi connectivity index (χ3n) is 3.62. The van der Waals surface area contributed by atoms with Crippen LogP contribution in [-0.2, 0) is 0 Å². The fourth-order valence-electron chi connectivity index (χ4n) is 2.48. The molecule has 140 valence electrons. The topological polar surface area (TPSA) is 145 Å². The van der Waals surface area contributed by atoms with Crippen molar-refractivity contribution in [1.29, 1.82) is 10.5 Å². The van der Waals surface area contributed by atoms with Crippen LogP contribution in [0, 0.1) is 22.7 Å². The molecule has 0 spiro atoms. The van der Waals surface area contributed by atoms with Gasteiger partial charge in [0.15, 0.2) is 11.5 Å². The second kappa shape index (κ2) is 8.49. The predicted molar refractivity (Wildman–Crippen MR) is 101 cm³/mol. The summed E-state index contributed by atoms with van der Waals surface area (Å²) in [5.41, 5.74) is 6.65. The zero-order valence-corrected chi connectivity index (χ0v) is 15.8. The van der Waals surface area contributed by atoms with Crippen molar-refractivity contribution in [3.05, 3.63) is 23.3 Å². The van der Waals surface area contributed by atoms with E-state index in [9.17, 15) is 20.7 Å². The molecule has 0 fully saturated rings. The standard InChI is InChI=1S/C18H18N4O4S/c1-9(23)8-27-18-12(7-20)15(11(6-19)17(21)22-18)10-4-13(24)16(26-3)14(5-10)25-2/h4-5,9,23-24H,8H2,1-3H3,(H2,21,22). The number of thioether (sulfide) groups is 1. The summed E-state index contributed by atoms with van der Waals surface area (Å²) in [6.07, 6.45) is -0.617. The first-order valence-electron chi connectivity index (χ1n) is 7.77. The Labute approximate surface area is 160 Å². The van der Waals surface area contributed by atoms with Gasteiger partial charge in [-0.25, -0.2) is 4.98 Å². The molecule has 2 rings (SSSR count). The van der Waals surface area contributed by atoms with Crippen LogP contribution in [0.1, 0.15) is 18.1 Å². The number of phenolic OH excluding ortho intramolecular Hbond substituents is 1. The number of pyridine rings is 1. The molecule has 1 aromatic carbocycles. The monoisotopic (exact) mass is 386 g/mol. The number of aromatic nitrogens is 1. The molecule has 0 aliphatic rings.